The molecular weight excluding hydrogens is 128 g/mol. The van der Waals surface area contributed by atoms with Crippen molar-refractivity contribution in [2.24, 2.45) is 0 Å². The zero-order valence-corrected chi connectivity index (χ0v) is 7.02. The summed E-state index contributed by atoms with van der Waals surface area (Å²) in [6.07, 6.45) is 1.39. The van der Waals surface area contributed by atoms with Gasteiger partial charge in [0.25, 0.3) is 0 Å². The monoisotopic (exact) mass is 144 g/mol. The lowest BCUT2D eigenvalue weighted by Crippen LogP contribution is -2.27. The van der Waals surface area contributed by atoms with Crippen molar-refractivity contribution in [3.05, 3.63) is 0 Å². The third-order valence-electron chi connectivity index (χ3n) is 1.41. The Morgan fingerprint density at radius 3 is 2.50 bits per heavy atom. The van der Waals surface area contributed by atoms with Gasteiger partial charge >= 0.3 is 0 Å². The van der Waals surface area contributed by atoms with Crippen molar-refractivity contribution < 1.29 is 9.47 Å². The molecule has 0 aromatic carbocycles. The van der Waals surface area contributed by atoms with E-state index in [1.165, 1.54) is 0 Å². The highest BCUT2D eigenvalue weighted by atomic mass is 16.6. The van der Waals surface area contributed by atoms with Gasteiger partial charge in [0.05, 0.1) is 18.3 Å². The van der Waals surface area contributed by atoms with Gasteiger partial charge in [-0.15, -0.1) is 0 Å². The van der Waals surface area contributed by atoms with Crippen LogP contribution in [0.5, 0.6) is 0 Å². The van der Waals surface area contributed by atoms with Crippen LogP contribution in [0.25, 0.3) is 0 Å². The maximum atomic E-state index is 5.67. The summed E-state index contributed by atoms with van der Waals surface area (Å²) in [4.78, 5) is 0. The molecule has 1 atom stereocenters. The second kappa shape index (κ2) is 2.89. The second-order valence-electron chi connectivity index (χ2n) is 3.72. The summed E-state index contributed by atoms with van der Waals surface area (Å²) in [6.45, 7) is 7.86. The third kappa shape index (κ3) is 2.67. The molecule has 0 amide bonds. The molecule has 1 aliphatic heterocycles. The summed E-state index contributed by atoms with van der Waals surface area (Å²) < 4.78 is 10.9. The van der Waals surface area contributed by atoms with Crippen LogP contribution in [0, 0.1) is 0 Å². The van der Waals surface area contributed by atoms with Crippen LogP contribution in [0.15, 0.2) is 0 Å². The molecule has 0 aromatic rings. The minimum Gasteiger partial charge on any atom is -0.379 e. The molecule has 0 N–H and O–H groups in total. The first-order chi connectivity index (χ1) is 4.58. The van der Waals surface area contributed by atoms with Crippen LogP contribution in [-0.2, 0) is 9.47 Å². The minimum absolute atomic E-state index is 0.0155. The molecule has 0 aromatic heterocycles. The van der Waals surface area contributed by atoms with Gasteiger partial charge in [0, 0.05) is 6.61 Å². The molecule has 1 heterocycles. The molecule has 1 rings (SSSR count). The lowest BCUT2D eigenvalue weighted by molar-refractivity contribution is -0.0605. The van der Waals surface area contributed by atoms with E-state index >= 15 is 0 Å². The fourth-order valence-electron chi connectivity index (χ4n) is 1.11. The van der Waals surface area contributed by atoms with E-state index in [-0.39, 0.29) is 5.60 Å². The van der Waals surface area contributed by atoms with Crippen molar-refractivity contribution in [1.29, 1.82) is 0 Å². The summed E-state index contributed by atoms with van der Waals surface area (Å²) in [5.74, 6) is 0. The summed E-state index contributed by atoms with van der Waals surface area (Å²) in [5, 5.41) is 0. The molecule has 0 spiro atoms. The van der Waals surface area contributed by atoms with Crippen LogP contribution in [0.4, 0.5) is 0 Å². The maximum absolute atomic E-state index is 5.67. The first-order valence-corrected chi connectivity index (χ1v) is 3.83. The molecule has 1 saturated heterocycles. The van der Waals surface area contributed by atoms with E-state index in [1.54, 1.807) is 0 Å². The van der Waals surface area contributed by atoms with Crippen LogP contribution < -0.4 is 0 Å². The van der Waals surface area contributed by atoms with Crippen LogP contribution >= 0.6 is 0 Å². The molecule has 0 saturated carbocycles. The Kier molecular flexibility index (Phi) is 2.32. The summed E-state index contributed by atoms with van der Waals surface area (Å²) >= 11 is 0. The van der Waals surface area contributed by atoms with Crippen LogP contribution in [0.1, 0.15) is 27.2 Å². The van der Waals surface area contributed by atoms with Crippen molar-refractivity contribution in [3.8, 4) is 0 Å². The van der Waals surface area contributed by atoms with Gasteiger partial charge in [-0.2, -0.15) is 0 Å². The Labute approximate surface area is 62.5 Å². The Morgan fingerprint density at radius 2 is 2.10 bits per heavy atom. The Bertz CT molecular complexity index is 98.3. The number of ether oxygens (including phenoxy) is 2. The molecule has 1 fully saturated rings. The zero-order chi connectivity index (χ0) is 7.61. The SMILES string of the molecule is CC(C)(C)OC1CCOC1. The maximum Gasteiger partial charge on any atom is 0.0837 e. The van der Waals surface area contributed by atoms with Gasteiger partial charge in [-0.25, -0.2) is 0 Å². The van der Waals surface area contributed by atoms with Crippen molar-refractivity contribution in [3.63, 3.8) is 0 Å². The lowest BCUT2D eigenvalue weighted by Gasteiger charge is -2.23. The van der Waals surface area contributed by atoms with Gasteiger partial charge in [0.15, 0.2) is 0 Å². The highest BCUT2D eigenvalue weighted by molar-refractivity contribution is 4.69. The number of hydrogen-bond acceptors (Lipinski definition) is 2. The fraction of sp³-hybridized carbons (Fsp3) is 1.00. The average Bonchev–Trinajstić information content (AvgIpc) is 2.12. The molecule has 2 heteroatoms. The summed E-state index contributed by atoms with van der Waals surface area (Å²) in [6, 6.07) is 0. The van der Waals surface area contributed by atoms with Crippen LogP contribution in [0.3, 0.4) is 0 Å². The van der Waals surface area contributed by atoms with Crippen molar-refractivity contribution in [1.82, 2.24) is 0 Å². The van der Waals surface area contributed by atoms with Crippen molar-refractivity contribution in [2.75, 3.05) is 13.2 Å². The number of rotatable bonds is 1. The van der Waals surface area contributed by atoms with Crippen molar-refractivity contribution in [2.45, 2.75) is 38.9 Å². The Hall–Kier alpha value is -0.0800. The molecule has 2 nitrogen and oxygen atoms in total. The predicted molar refractivity (Wildman–Crippen MR) is 40.1 cm³/mol. The highest BCUT2D eigenvalue weighted by Crippen LogP contribution is 2.16. The van der Waals surface area contributed by atoms with Crippen LogP contribution in [0.2, 0.25) is 0 Å². The van der Waals surface area contributed by atoms with E-state index in [9.17, 15) is 0 Å². The van der Waals surface area contributed by atoms with Gasteiger partial charge in [-0.1, -0.05) is 0 Å². The average molecular weight is 144 g/mol. The first kappa shape index (κ1) is 8.02. The van der Waals surface area contributed by atoms with Crippen molar-refractivity contribution >= 4 is 0 Å². The largest absolute Gasteiger partial charge is 0.379 e. The quantitative estimate of drug-likeness (QED) is 0.556. The topological polar surface area (TPSA) is 18.5 Å². The third-order valence-corrected chi connectivity index (χ3v) is 1.41. The lowest BCUT2D eigenvalue weighted by atomic mass is 10.2. The molecule has 1 aliphatic rings. The van der Waals surface area contributed by atoms with E-state index in [2.05, 4.69) is 20.8 Å². The van der Waals surface area contributed by atoms with E-state index in [1.807, 2.05) is 0 Å². The second-order valence-corrected chi connectivity index (χ2v) is 3.72. The minimum atomic E-state index is -0.0155. The summed E-state index contributed by atoms with van der Waals surface area (Å²) in [5.41, 5.74) is -0.0155. The van der Waals surface area contributed by atoms with Gasteiger partial charge in [-0.05, 0) is 27.2 Å². The molecule has 1 unspecified atom stereocenters. The van der Waals surface area contributed by atoms with Gasteiger partial charge in [0.2, 0.25) is 0 Å². The van der Waals surface area contributed by atoms with E-state index < -0.39 is 0 Å². The highest BCUT2D eigenvalue weighted by Gasteiger charge is 2.22. The molecule has 0 aliphatic carbocycles. The Morgan fingerprint density at radius 1 is 1.40 bits per heavy atom. The van der Waals surface area contributed by atoms with Gasteiger partial charge < -0.3 is 9.47 Å². The first-order valence-electron chi connectivity index (χ1n) is 3.83. The van der Waals surface area contributed by atoms with Gasteiger partial charge in [-0.3, -0.25) is 0 Å². The zero-order valence-electron chi connectivity index (χ0n) is 7.02. The smallest absolute Gasteiger partial charge is 0.0837 e. The summed E-state index contributed by atoms with van der Waals surface area (Å²) in [7, 11) is 0. The van der Waals surface area contributed by atoms with Gasteiger partial charge in [0.1, 0.15) is 0 Å². The van der Waals surface area contributed by atoms with Crippen LogP contribution in [-0.4, -0.2) is 24.9 Å². The standard InChI is InChI=1S/C8H16O2/c1-8(2,3)10-7-4-5-9-6-7/h7H,4-6H2,1-3H3. The fourth-order valence-corrected chi connectivity index (χ4v) is 1.11. The normalized spacial score (nSPS) is 27.3. The van der Waals surface area contributed by atoms with E-state index in [0.29, 0.717) is 6.10 Å². The van der Waals surface area contributed by atoms with E-state index in [0.717, 1.165) is 19.6 Å². The predicted octanol–water partition coefficient (Wildman–Crippen LogP) is 1.59. The molecule has 60 valence electrons. The molecule has 0 radical (unpaired) electrons. The molecule has 0 bridgehead atoms. The molecular formula is C8H16O2. The Balaban J connectivity index is 2.24. The molecule has 10 heavy (non-hydrogen) atoms. The number of hydrogen-bond donors (Lipinski definition) is 0. The van der Waals surface area contributed by atoms with E-state index in [4.69, 9.17) is 9.47 Å².